The molecule has 6 heteroatoms. The molecule has 2 aliphatic rings. The third-order valence-electron chi connectivity index (χ3n) is 4.08. The molecule has 4 rings (SSSR count). The smallest absolute Gasteiger partial charge is 0.261 e. The molecule has 2 aromatic rings. The summed E-state index contributed by atoms with van der Waals surface area (Å²) in [6.07, 6.45) is 3.68. The van der Waals surface area contributed by atoms with Crippen molar-refractivity contribution < 1.29 is 9.13 Å². The van der Waals surface area contributed by atoms with Crippen LogP contribution in [0.1, 0.15) is 43.7 Å². The van der Waals surface area contributed by atoms with Gasteiger partial charge in [0.25, 0.3) is 5.56 Å². The van der Waals surface area contributed by atoms with Crippen molar-refractivity contribution in [2.45, 2.75) is 37.8 Å². The molecule has 0 spiro atoms. The first kappa shape index (κ1) is 13.4. The molecule has 0 bridgehead atoms. The van der Waals surface area contributed by atoms with E-state index in [1.807, 2.05) is 0 Å². The van der Waals surface area contributed by atoms with Crippen LogP contribution in [0.5, 0.6) is 0 Å². The van der Waals surface area contributed by atoms with Crippen molar-refractivity contribution in [3.8, 4) is 0 Å². The van der Waals surface area contributed by atoms with Crippen LogP contribution < -0.4 is 5.56 Å². The van der Waals surface area contributed by atoms with E-state index in [1.165, 1.54) is 12.1 Å². The van der Waals surface area contributed by atoms with E-state index in [1.54, 1.807) is 4.57 Å². The molecule has 1 aliphatic carbocycles. The van der Waals surface area contributed by atoms with Gasteiger partial charge in [-0.05, 0) is 53.7 Å². The van der Waals surface area contributed by atoms with E-state index in [2.05, 4.69) is 20.9 Å². The zero-order valence-electron chi connectivity index (χ0n) is 11.3. The van der Waals surface area contributed by atoms with Crippen LogP contribution in [0, 0.1) is 5.82 Å². The summed E-state index contributed by atoms with van der Waals surface area (Å²) in [4.78, 5) is 17.4. The second kappa shape index (κ2) is 4.88. The van der Waals surface area contributed by atoms with Crippen molar-refractivity contribution in [1.82, 2.24) is 9.55 Å². The molecule has 110 valence electrons. The van der Waals surface area contributed by atoms with E-state index in [0.29, 0.717) is 27.8 Å². The number of nitrogens with zero attached hydrogens (tertiary/aromatic N) is 2. The molecular weight excluding hydrogens is 339 g/mol. The Morgan fingerprint density at radius 1 is 1.33 bits per heavy atom. The summed E-state index contributed by atoms with van der Waals surface area (Å²) in [5.74, 6) is 0.264. The van der Waals surface area contributed by atoms with Crippen molar-refractivity contribution in [3.63, 3.8) is 0 Å². The first-order valence-corrected chi connectivity index (χ1v) is 7.97. The first-order chi connectivity index (χ1) is 10.1. The maximum absolute atomic E-state index is 13.6. The highest BCUT2D eigenvalue weighted by molar-refractivity contribution is 9.10. The fourth-order valence-corrected chi connectivity index (χ4v) is 3.46. The first-order valence-electron chi connectivity index (χ1n) is 7.18. The average molecular weight is 353 g/mol. The van der Waals surface area contributed by atoms with Gasteiger partial charge in [0.15, 0.2) is 0 Å². The molecule has 1 saturated carbocycles. The van der Waals surface area contributed by atoms with Crippen LogP contribution in [0.15, 0.2) is 21.4 Å². The van der Waals surface area contributed by atoms with Crippen LogP contribution in [-0.4, -0.2) is 16.2 Å². The normalized spacial score (nSPS) is 22.1. The topological polar surface area (TPSA) is 44.1 Å². The summed E-state index contributed by atoms with van der Waals surface area (Å²) in [7, 11) is 0. The van der Waals surface area contributed by atoms with Crippen molar-refractivity contribution in [2.24, 2.45) is 0 Å². The van der Waals surface area contributed by atoms with Gasteiger partial charge in [0.05, 0.1) is 10.9 Å². The summed E-state index contributed by atoms with van der Waals surface area (Å²) in [6.45, 7) is 0.702. The highest BCUT2D eigenvalue weighted by atomic mass is 79.9. The van der Waals surface area contributed by atoms with Crippen molar-refractivity contribution in [3.05, 3.63) is 38.6 Å². The summed E-state index contributed by atoms with van der Waals surface area (Å²) >= 11 is 3.31. The van der Waals surface area contributed by atoms with Crippen LogP contribution in [0.3, 0.4) is 0 Å². The fourth-order valence-electron chi connectivity index (χ4n) is 2.94. The quantitative estimate of drug-likeness (QED) is 0.830. The molecule has 21 heavy (non-hydrogen) atoms. The van der Waals surface area contributed by atoms with E-state index in [0.717, 1.165) is 25.7 Å². The Labute approximate surface area is 129 Å². The standard InChI is InChI=1S/C15H14BrFN2O2/c16-11-7-8(17)6-10-13(11)18-14(12-2-1-5-21-12)19(15(10)20)9-3-4-9/h6-7,9,12H,1-5H2/t12-/m1/s1. The number of hydrogen-bond acceptors (Lipinski definition) is 3. The number of hydrogen-bond donors (Lipinski definition) is 0. The van der Waals surface area contributed by atoms with E-state index >= 15 is 0 Å². The van der Waals surface area contributed by atoms with Gasteiger partial charge in [0, 0.05) is 17.1 Å². The molecule has 2 fully saturated rings. The molecule has 0 N–H and O–H groups in total. The van der Waals surface area contributed by atoms with Gasteiger partial charge in [-0.2, -0.15) is 0 Å². The van der Waals surface area contributed by atoms with Crippen molar-refractivity contribution in [2.75, 3.05) is 6.61 Å². The molecular formula is C15H14BrFN2O2. The van der Waals surface area contributed by atoms with Gasteiger partial charge in [-0.1, -0.05) is 0 Å². The molecule has 0 amide bonds. The lowest BCUT2D eigenvalue weighted by atomic mass is 10.2. The highest BCUT2D eigenvalue weighted by Gasteiger charge is 2.33. The third kappa shape index (κ3) is 2.21. The number of fused-ring (bicyclic) bond motifs is 1. The van der Waals surface area contributed by atoms with Gasteiger partial charge in [-0.3, -0.25) is 9.36 Å². The fraction of sp³-hybridized carbons (Fsp3) is 0.467. The number of ether oxygens (including phenoxy) is 1. The second-order valence-corrected chi connectivity index (χ2v) is 6.52. The lowest BCUT2D eigenvalue weighted by Crippen LogP contribution is -2.26. The second-order valence-electron chi connectivity index (χ2n) is 5.66. The predicted octanol–water partition coefficient (Wildman–Crippen LogP) is 3.48. The molecule has 1 aromatic heterocycles. The molecule has 0 unspecified atom stereocenters. The summed E-state index contributed by atoms with van der Waals surface area (Å²) in [5.41, 5.74) is 0.358. The van der Waals surface area contributed by atoms with Crippen LogP contribution >= 0.6 is 15.9 Å². The van der Waals surface area contributed by atoms with Crippen LogP contribution in [0.25, 0.3) is 10.9 Å². The van der Waals surface area contributed by atoms with E-state index in [-0.39, 0.29) is 17.7 Å². The van der Waals surface area contributed by atoms with Gasteiger partial charge in [-0.25, -0.2) is 9.37 Å². The zero-order chi connectivity index (χ0) is 14.6. The Kier molecular flexibility index (Phi) is 3.11. The van der Waals surface area contributed by atoms with E-state index < -0.39 is 5.82 Å². The average Bonchev–Trinajstić information content (AvgIpc) is 3.13. The summed E-state index contributed by atoms with van der Waals surface area (Å²) in [5, 5.41) is 0.329. The largest absolute Gasteiger partial charge is 0.370 e. The number of rotatable bonds is 2. The van der Waals surface area contributed by atoms with E-state index in [4.69, 9.17) is 4.74 Å². The van der Waals surface area contributed by atoms with Gasteiger partial charge < -0.3 is 4.74 Å². The Bertz CT molecular complexity index is 779. The lowest BCUT2D eigenvalue weighted by molar-refractivity contribution is 0.101. The lowest BCUT2D eigenvalue weighted by Gasteiger charge is -2.17. The Balaban J connectivity index is 2.03. The summed E-state index contributed by atoms with van der Waals surface area (Å²) in [6, 6.07) is 2.80. The SMILES string of the molecule is O=c1c2cc(F)cc(Br)c2nc([C@H]2CCCO2)n1C1CC1. The maximum Gasteiger partial charge on any atom is 0.261 e. The number of halogens is 2. The molecule has 1 atom stereocenters. The molecule has 0 radical (unpaired) electrons. The molecule has 1 aromatic carbocycles. The maximum atomic E-state index is 13.6. The summed E-state index contributed by atoms with van der Waals surface area (Å²) < 4.78 is 21.5. The van der Waals surface area contributed by atoms with Gasteiger partial charge in [0.1, 0.15) is 17.7 Å². The van der Waals surface area contributed by atoms with Crippen LogP contribution in [0.4, 0.5) is 4.39 Å². The van der Waals surface area contributed by atoms with Gasteiger partial charge >= 0.3 is 0 Å². The van der Waals surface area contributed by atoms with Crippen molar-refractivity contribution >= 4 is 26.8 Å². The van der Waals surface area contributed by atoms with Crippen LogP contribution in [-0.2, 0) is 4.74 Å². The predicted molar refractivity (Wildman–Crippen MR) is 79.9 cm³/mol. The third-order valence-corrected chi connectivity index (χ3v) is 4.68. The minimum atomic E-state index is -0.430. The number of benzene rings is 1. The molecule has 1 saturated heterocycles. The van der Waals surface area contributed by atoms with Gasteiger partial charge in [-0.15, -0.1) is 0 Å². The Morgan fingerprint density at radius 2 is 2.14 bits per heavy atom. The number of aromatic nitrogens is 2. The molecule has 1 aliphatic heterocycles. The highest BCUT2D eigenvalue weighted by Crippen LogP contribution is 2.38. The minimum Gasteiger partial charge on any atom is -0.370 e. The zero-order valence-corrected chi connectivity index (χ0v) is 12.9. The van der Waals surface area contributed by atoms with Crippen molar-refractivity contribution in [1.29, 1.82) is 0 Å². The van der Waals surface area contributed by atoms with Gasteiger partial charge in [0.2, 0.25) is 0 Å². The molecule has 2 heterocycles. The van der Waals surface area contributed by atoms with Crippen LogP contribution in [0.2, 0.25) is 0 Å². The minimum absolute atomic E-state index is 0.125. The monoisotopic (exact) mass is 352 g/mol. The Morgan fingerprint density at radius 3 is 2.81 bits per heavy atom. The molecule has 4 nitrogen and oxygen atoms in total. The Hall–Kier alpha value is -1.27. The van der Waals surface area contributed by atoms with E-state index in [9.17, 15) is 9.18 Å².